The molecule has 0 radical (unpaired) electrons. The van der Waals surface area contributed by atoms with Crippen LogP contribution < -0.4 is 14.9 Å². The van der Waals surface area contributed by atoms with Crippen molar-refractivity contribution in [1.82, 2.24) is 0 Å². The maximum absolute atomic E-state index is 15.0. The number of nitrogens with zero attached hydrogens (tertiary/aromatic N) is 1. The number of halogens is 2. The molecular weight excluding hydrogens is 567 g/mol. The van der Waals surface area contributed by atoms with Crippen LogP contribution in [0.15, 0.2) is 91.0 Å². The van der Waals surface area contributed by atoms with Gasteiger partial charge in [-0.1, -0.05) is 68.5 Å². The van der Waals surface area contributed by atoms with Crippen LogP contribution in [0.25, 0.3) is 28.0 Å². The number of hydrogen-bond donors (Lipinski definition) is 0. The Hall–Kier alpha value is -4.01. The average Bonchev–Trinajstić information content (AvgIpc) is 3.27. The van der Waals surface area contributed by atoms with Gasteiger partial charge in [0.05, 0.1) is 0 Å². The van der Waals surface area contributed by atoms with Crippen molar-refractivity contribution in [3.8, 4) is 16.9 Å². The molecule has 2 nitrogen and oxygen atoms in total. The van der Waals surface area contributed by atoms with Crippen molar-refractivity contribution in [3.05, 3.63) is 130 Å². The highest BCUT2D eigenvalue weighted by atomic mass is 31.0. The second-order valence-corrected chi connectivity index (χ2v) is 13.6. The minimum absolute atomic E-state index is 0.259. The van der Waals surface area contributed by atoms with Gasteiger partial charge in [-0.2, -0.15) is 0 Å². The highest BCUT2D eigenvalue weighted by molar-refractivity contribution is 7.27. The summed E-state index contributed by atoms with van der Waals surface area (Å²) in [4.78, 5) is 2.46. The zero-order valence-electron chi connectivity index (χ0n) is 25.0. The van der Waals surface area contributed by atoms with E-state index in [1.807, 2.05) is 12.1 Å². The van der Waals surface area contributed by atoms with Gasteiger partial charge in [-0.25, -0.2) is 8.78 Å². The molecule has 220 valence electrons. The van der Waals surface area contributed by atoms with Gasteiger partial charge >= 0.3 is 0 Å². The van der Waals surface area contributed by atoms with Crippen LogP contribution in [0.1, 0.15) is 60.9 Å². The Morgan fingerprint density at radius 3 is 2.14 bits per heavy atom. The molecule has 2 unspecified atom stereocenters. The predicted molar refractivity (Wildman–Crippen MR) is 180 cm³/mol. The Labute approximate surface area is 259 Å². The highest BCUT2D eigenvalue weighted by Gasteiger charge is 2.44. The van der Waals surface area contributed by atoms with Crippen molar-refractivity contribution in [2.24, 2.45) is 0 Å². The number of ether oxygens (including phenoxy) is 1. The SMILES string of the molecule is CC1(C)c2cc(F)ccc2-c2c1c1c(c3cc(F)ccc23)OC(c2ccc(P)cc2)(c2ccc(N3CCCCC3)cc2)C=C1. The summed E-state index contributed by atoms with van der Waals surface area (Å²) in [5.41, 5.74) is 6.75. The van der Waals surface area contributed by atoms with Crippen molar-refractivity contribution < 1.29 is 13.5 Å². The zero-order valence-corrected chi connectivity index (χ0v) is 26.1. The summed E-state index contributed by atoms with van der Waals surface area (Å²) in [7, 11) is 2.76. The highest BCUT2D eigenvalue weighted by Crippen LogP contribution is 2.58. The summed E-state index contributed by atoms with van der Waals surface area (Å²) in [6.45, 7) is 6.43. The molecule has 3 aliphatic rings. The van der Waals surface area contributed by atoms with Gasteiger partial charge in [-0.05, 0) is 94.7 Å². The van der Waals surface area contributed by atoms with E-state index in [1.165, 1.54) is 37.1 Å². The van der Waals surface area contributed by atoms with E-state index in [0.29, 0.717) is 11.1 Å². The molecule has 8 rings (SSSR count). The van der Waals surface area contributed by atoms with E-state index in [0.717, 1.165) is 62.7 Å². The largest absolute Gasteiger partial charge is 0.472 e. The Morgan fingerprint density at radius 1 is 0.750 bits per heavy atom. The normalized spacial score (nSPS) is 19.8. The van der Waals surface area contributed by atoms with Crippen molar-refractivity contribution >= 4 is 37.1 Å². The molecule has 5 heteroatoms. The van der Waals surface area contributed by atoms with Crippen LogP contribution in [0.3, 0.4) is 0 Å². The van der Waals surface area contributed by atoms with E-state index >= 15 is 4.39 Å². The molecule has 2 aliphatic heterocycles. The van der Waals surface area contributed by atoms with Gasteiger partial charge in [0.1, 0.15) is 17.4 Å². The Bertz CT molecular complexity index is 1970. The summed E-state index contributed by atoms with van der Waals surface area (Å²) in [5.74, 6) is 0.0700. The first kappa shape index (κ1) is 27.5. The van der Waals surface area contributed by atoms with Gasteiger partial charge in [-0.3, -0.25) is 0 Å². The summed E-state index contributed by atoms with van der Waals surface area (Å²) in [5, 5.41) is 2.71. The molecule has 1 fully saturated rings. The van der Waals surface area contributed by atoms with E-state index in [1.54, 1.807) is 12.1 Å². The third-order valence-electron chi connectivity index (χ3n) is 9.91. The van der Waals surface area contributed by atoms with Crippen molar-refractivity contribution in [2.75, 3.05) is 18.0 Å². The smallest absolute Gasteiger partial charge is 0.178 e. The fourth-order valence-corrected chi connectivity index (χ4v) is 7.90. The second kappa shape index (κ2) is 10.0. The van der Waals surface area contributed by atoms with E-state index in [4.69, 9.17) is 4.74 Å². The maximum Gasteiger partial charge on any atom is 0.178 e. The molecule has 0 amide bonds. The summed E-state index contributed by atoms with van der Waals surface area (Å²) < 4.78 is 36.9. The number of fused-ring (bicyclic) bond motifs is 8. The first-order chi connectivity index (χ1) is 21.3. The van der Waals surface area contributed by atoms with Crippen LogP contribution in [-0.2, 0) is 11.0 Å². The van der Waals surface area contributed by atoms with Gasteiger partial charge in [0.15, 0.2) is 5.60 Å². The van der Waals surface area contributed by atoms with E-state index < -0.39 is 11.0 Å². The molecule has 0 N–H and O–H groups in total. The first-order valence-corrected chi connectivity index (χ1v) is 16.0. The van der Waals surface area contributed by atoms with Crippen LogP contribution in [0.4, 0.5) is 14.5 Å². The van der Waals surface area contributed by atoms with Gasteiger partial charge in [0.25, 0.3) is 0 Å². The Kier molecular flexibility index (Phi) is 6.26. The minimum atomic E-state index is -0.930. The second-order valence-electron chi connectivity index (χ2n) is 12.9. The Morgan fingerprint density at radius 2 is 1.41 bits per heavy atom. The lowest BCUT2D eigenvalue weighted by Crippen LogP contribution is -2.35. The molecule has 5 aromatic carbocycles. The van der Waals surface area contributed by atoms with Crippen LogP contribution in [0.5, 0.6) is 5.75 Å². The topological polar surface area (TPSA) is 12.5 Å². The summed E-state index contributed by atoms with van der Waals surface area (Å²) >= 11 is 0. The van der Waals surface area contributed by atoms with Gasteiger partial charge in [-0.15, -0.1) is 9.24 Å². The first-order valence-electron chi connectivity index (χ1n) is 15.5. The van der Waals surface area contributed by atoms with Crippen LogP contribution >= 0.6 is 9.24 Å². The number of rotatable bonds is 3. The van der Waals surface area contributed by atoms with E-state index in [2.05, 4.69) is 88.7 Å². The van der Waals surface area contributed by atoms with Crippen molar-refractivity contribution in [2.45, 2.75) is 44.1 Å². The van der Waals surface area contributed by atoms with Gasteiger partial charge in [0, 0.05) is 46.3 Å². The van der Waals surface area contributed by atoms with Crippen LogP contribution in [-0.4, -0.2) is 13.1 Å². The molecule has 2 heterocycles. The summed E-state index contributed by atoms with van der Waals surface area (Å²) in [6.07, 6.45) is 8.02. The number of piperidine rings is 1. The fraction of sp³-hybridized carbons (Fsp3) is 0.231. The fourth-order valence-electron chi connectivity index (χ4n) is 7.71. The quantitative estimate of drug-likeness (QED) is 0.191. The lowest BCUT2D eigenvalue weighted by Gasteiger charge is -2.39. The predicted octanol–water partition coefficient (Wildman–Crippen LogP) is 9.26. The number of hydrogen-bond acceptors (Lipinski definition) is 2. The summed E-state index contributed by atoms with van der Waals surface area (Å²) in [6, 6.07) is 27.1. The molecule has 0 bridgehead atoms. The zero-order chi connectivity index (χ0) is 30.2. The molecule has 0 aromatic heterocycles. The average molecular weight is 602 g/mol. The molecule has 0 saturated carbocycles. The van der Waals surface area contributed by atoms with Crippen molar-refractivity contribution in [1.29, 1.82) is 0 Å². The van der Waals surface area contributed by atoms with E-state index in [9.17, 15) is 4.39 Å². The molecular formula is C39H34F2NOP. The number of anilines is 1. The standard InChI is InChI=1S/C39H34F2NOP/c1-38(2)34-23-27(41)11-17-31(34)35-30-16-10-26(40)22-33(30)37-32(36(35)38)18-19-39(43-37,25-8-14-29(44)15-9-25)24-6-12-28(13-7-24)42-20-4-3-5-21-42/h6-19,22-23H,3-5,20-21,44H2,1-2H3. The minimum Gasteiger partial charge on any atom is -0.472 e. The molecule has 1 aliphatic carbocycles. The van der Waals surface area contributed by atoms with Crippen molar-refractivity contribution in [3.63, 3.8) is 0 Å². The van der Waals surface area contributed by atoms with Gasteiger partial charge in [0.2, 0.25) is 0 Å². The van der Waals surface area contributed by atoms with Crippen LogP contribution in [0.2, 0.25) is 0 Å². The number of benzene rings is 5. The molecule has 1 saturated heterocycles. The monoisotopic (exact) mass is 601 g/mol. The molecule has 5 aromatic rings. The third-order valence-corrected chi connectivity index (χ3v) is 10.3. The molecule has 2 atom stereocenters. The molecule has 0 spiro atoms. The van der Waals surface area contributed by atoms with Gasteiger partial charge < -0.3 is 9.64 Å². The maximum atomic E-state index is 15.0. The lowest BCUT2D eigenvalue weighted by molar-refractivity contribution is 0.163. The lowest BCUT2D eigenvalue weighted by atomic mass is 9.76. The Balaban J connectivity index is 1.37. The van der Waals surface area contributed by atoms with Crippen LogP contribution in [0, 0.1) is 11.6 Å². The molecule has 44 heavy (non-hydrogen) atoms. The third kappa shape index (κ3) is 4.07. The van der Waals surface area contributed by atoms with E-state index in [-0.39, 0.29) is 11.6 Å².